The maximum Gasteiger partial charge on any atom is 0.341 e. The maximum absolute atomic E-state index is 12.4. The third-order valence-electron chi connectivity index (χ3n) is 4.16. The smallest absolute Gasteiger partial charge is 0.341 e. The molecular formula is C18H18Cl2N2O2S2. The van der Waals surface area contributed by atoms with Crippen LogP contribution in [0.2, 0.25) is 10.0 Å². The predicted octanol–water partition coefficient (Wildman–Crippen LogP) is 5.92. The lowest BCUT2D eigenvalue weighted by molar-refractivity contribution is 0.0601. The molecule has 0 unspecified atom stereocenters. The summed E-state index contributed by atoms with van der Waals surface area (Å²) in [5.74, 6) is -0.333. The normalized spacial score (nSPS) is 13.5. The van der Waals surface area contributed by atoms with Gasteiger partial charge in [0, 0.05) is 20.6 Å². The number of ether oxygens (including phenoxy) is 1. The Balaban J connectivity index is 1.84. The number of rotatable bonds is 3. The number of fused-ring (bicyclic) bond motifs is 1. The molecule has 3 rings (SSSR count). The fourth-order valence-electron chi connectivity index (χ4n) is 3.04. The Kier molecular flexibility index (Phi) is 6.40. The number of aryl methyl sites for hydroxylation is 1. The number of hydrogen-bond acceptors (Lipinski definition) is 4. The van der Waals surface area contributed by atoms with Crippen molar-refractivity contribution >= 4 is 68.5 Å². The van der Waals surface area contributed by atoms with E-state index in [2.05, 4.69) is 10.6 Å². The van der Waals surface area contributed by atoms with Crippen molar-refractivity contribution in [3.8, 4) is 0 Å². The summed E-state index contributed by atoms with van der Waals surface area (Å²) in [4.78, 5) is 13.6. The standard InChI is InChI=1S/C18H18Cl2N2O2S2/c1-24-17(23)15-13-5-3-2-4-6-14(13)26-16(15)22-18(25)21-12-8-10(19)7-11(20)9-12/h7-9H,2-6H2,1H3,(H2,21,22,25). The minimum absolute atomic E-state index is 0.333. The van der Waals surface area contributed by atoms with Crippen molar-refractivity contribution in [2.45, 2.75) is 32.1 Å². The molecule has 0 bridgehead atoms. The number of anilines is 2. The van der Waals surface area contributed by atoms with Gasteiger partial charge in [0.05, 0.1) is 12.7 Å². The zero-order chi connectivity index (χ0) is 18.7. The second-order valence-corrected chi connectivity index (χ2v) is 8.38. The second kappa shape index (κ2) is 8.57. The Labute approximate surface area is 171 Å². The van der Waals surface area contributed by atoms with Crippen molar-refractivity contribution in [3.05, 3.63) is 44.2 Å². The number of esters is 1. The Morgan fingerprint density at radius 3 is 2.50 bits per heavy atom. The average Bonchev–Trinajstić information content (AvgIpc) is 2.74. The lowest BCUT2D eigenvalue weighted by Gasteiger charge is -2.12. The fraction of sp³-hybridized carbons (Fsp3) is 0.333. The lowest BCUT2D eigenvalue weighted by atomic mass is 10.1. The molecule has 1 aliphatic carbocycles. The molecule has 0 fully saturated rings. The van der Waals surface area contributed by atoms with Crippen molar-refractivity contribution in [1.29, 1.82) is 0 Å². The third-order valence-corrected chi connectivity index (χ3v) is 6.01. The number of carbonyl (C=O) groups is 1. The molecule has 0 spiro atoms. The molecular weight excluding hydrogens is 411 g/mol. The van der Waals surface area contributed by atoms with E-state index < -0.39 is 0 Å². The van der Waals surface area contributed by atoms with E-state index in [1.807, 2.05) is 0 Å². The van der Waals surface area contributed by atoms with Crippen molar-refractivity contribution in [2.24, 2.45) is 0 Å². The van der Waals surface area contributed by atoms with E-state index in [1.165, 1.54) is 18.4 Å². The van der Waals surface area contributed by atoms with Crippen molar-refractivity contribution in [1.82, 2.24) is 0 Å². The summed E-state index contributed by atoms with van der Waals surface area (Å²) >= 11 is 19.0. The van der Waals surface area contributed by atoms with Crippen LogP contribution in [0.5, 0.6) is 0 Å². The van der Waals surface area contributed by atoms with E-state index in [4.69, 9.17) is 40.2 Å². The fourth-order valence-corrected chi connectivity index (χ4v) is 5.13. The van der Waals surface area contributed by atoms with Crippen LogP contribution in [0.4, 0.5) is 10.7 Å². The van der Waals surface area contributed by atoms with Gasteiger partial charge < -0.3 is 15.4 Å². The minimum Gasteiger partial charge on any atom is -0.465 e. The van der Waals surface area contributed by atoms with Gasteiger partial charge in [0.25, 0.3) is 0 Å². The highest BCUT2D eigenvalue weighted by atomic mass is 35.5. The summed E-state index contributed by atoms with van der Waals surface area (Å²) in [5.41, 5.74) is 2.37. The first-order valence-corrected chi connectivity index (χ1v) is 10.2. The van der Waals surface area contributed by atoms with Gasteiger partial charge in [-0.1, -0.05) is 29.6 Å². The molecule has 1 aromatic carbocycles. The van der Waals surface area contributed by atoms with Gasteiger partial charge >= 0.3 is 5.97 Å². The molecule has 1 heterocycles. The van der Waals surface area contributed by atoms with Crippen molar-refractivity contribution in [2.75, 3.05) is 17.7 Å². The van der Waals surface area contributed by atoms with Crippen molar-refractivity contribution < 1.29 is 9.53 Å². The molecule has 0 saturated heterocycles. The van der Waals surface area contributed by atoms with Gasteiger partial charge in [0.2, 0.25) is 0 Å². The number of nitrogens with one attached hydrogen (secondary N) is 2. The lowest BCUT2D eigenvalue weighted by Crippen LogP contribution is -2.20. The second-order valence-electron chi connectivity index (χ2n) is 6.00. The summed E-state index contributed by atoms with van der Waals surface area (Å²) in [6.45, 7) is 0. The molecule has 0 amide bonds. The Morgan fingerprint density at radius 2 is 1.81 bits per heavy atom. The molecule has 2 aromatic rings. The SMILES string of the molecule is COC(=O)c1c(NC(=S)Nc2cc(Cl)cc(Cl)c2)sc2c1CCCCC2. The van der Waals surface area contributed by atoms with Crippen LogP contribution in [-0.2, 0) is 17.6 Å². The average molecular weight is 429 g/mol. The van der Waals surface area contributed by atoms with E-state index >= 15 is 0 Å². The first-order valence-electron chi connectivity index (χ1n) is 8.25. The van der Waals surface area contributed by atoms with E-state index in [9.17, 15) is 4.79 Å². The van der Waals surface area contributed by atoms with Crippen molar-refractivity contribution in [3.63, 3.8) is 0 Å². The number of carbonyl (C=O) groups excluding carboxylic acids is 1. The highest BCUT2D eigenvalue weighted by Gasteiger charge is 2.25. The predicted molar refractivity (Wildman–Crippen MR) is 113 cm³/mol. The van der Waals surface area contributed by atoms with Gasteiger partial charge in [-0.3, -0.25) is 0 Å². The quantitative estimate of drug-likeness (QED) is 0.360. The Hall–Kier alpha value is -1.34. The molecule has 2 N–H and O–H groups in total. The van der Waals surface area contributed by atoms with Crippen LogP contribution in [0.15, 0.2) is 18.2 Å². The third kappa shape index (κ3) is 4.49. The van der Waals surface area contributed by atoms with E-state index in [0.717, 1.165) is 36.2 Å². The Bertz CT molecular complexity index is 832. The largest absolute Gasteiger partial charge is 0.465 e. The molecule has 0 radical (unpaired) electrons. The number of hydrogen-bond donors (Lipinski definition) is 2. The van der Waals surface area contributed by atoms with E-state index in [-0.39, 0.29) is 5.97 Å². The van der Waals surface area contributed by atoms with Gasteiger partial charge in [0.1, 0.15) is 5.00 Å². The molecule has 26 heavy (non-hydrogen) atoms. The van der Waals surface area contributed by atoms with Gasteiger partial charge in [-0.2, -0.15) is 0 Å². The van der Waals surface area contributed by atoms with Gasteiger partial charge in [0.15, 0.2) is 5.11 Å². The minimum atomic E-state index is -0.333. The van der Waals surface area contributed by atoms with Crippen LogP contribution in [0, 0.1) is 0 Å². The summed E-state index contributed by atoms with van der Waals surface area (Å²) in [6, 6.07) is 5.11. The van der Waals surface area contributed by atoms with Gasteiger partial charge in [-0.15, -0.1) is 11.3 Å². The number of thiocarbonyl (C=S) groups is 1. The molecule has 138 valence electrons. The van der Waals surface area contributed by atoms with Crippen LogP contribution in [0.3, 0.4) is 0 Å². The maximum atomic E-state index is 12.4. The number of halogens is 2. The molecule has 8 heteroatoms. The molecule has 0 aliphatic heterocycles. The van der Waals surface area contributed by atoms with Crippen LogP contribution in [-0.4, -0.2) is 18.2 Å². The zero-order valence-electron chi connectivity index (χ0n) is 14.2. The first-order chi connectivity index (χ1) is 12.5. The Morgan fingerprint density at radius 1 is 1.12 bits per heavy atom. The summed E-state index contributed by atoms with van der Waals surface area (Å²) in [7, 11) is 1.40. The summed E-state index contributed by atoms with van der Waals surface area (Å²) in [5, 5.41) is 8.31. The topological polar surface area (TPSA) is 50.4 Å². The number of methoxy groups -OCH3 is 1. The zero-order valence-corrected chi connectivity index (χ0v) is 17.3. The van der Waals surface area contributed by atoms with E-state index in [1.54, 1.807) is 29.5 Å². The van der Waals surface area contributed by atoms with E-state index in [0.29, 0.717) is 26.4 Å². The number of thiophene rings is 1. The molecule has 0 atom stereocenters. The highest BCUT2D eigenvalue weighted by Crippen LogP contribution is 2.38. The van der Waals surface area contributed by atoms with Crippen LogP contribution < -0.4 is 10.6 Å². The van der Waals surface area contributed by atoms with Gasteiger partial charge in [-0.05, 0) is 61.7 Å². The molecule has 1 aliphatic rings. The first kappa shape index (κ1) is 19.4. The van der Waals surface area contributed by atoms with Crippen LogP contribution >= 0.6 is 46.8 Å². The highest BCUT2D eigenvalue weighted by molar-refractivity contribution is 7.80. The summed E-state index contributed by atoms with van der Waals surface area (Å²) in [6.07, 6.45) is 5.27. The monoisotopic (exact) mass is 428 g/mol. The van der Waals surface area contributed by atoms with Crippen LogP contribution in [0.1, 0.15) is 40.1 Å². The van der Waals surface area contributed by atoms with Gasteiger partial charge in [-0.25, -0.2) is 4.79 Å². The summed E-state index contributed by atoms with van der Waals surface area (Å²) < 4.78 is 5.00. The molecule has 4 nitrogen and oxygen atoms in total. The molecule has 1 aromatic heterocycles. The number of benzene rings is 1. The van der Waals surface area contributed by atoms with Crippen LogP contribution in [0.25, 0.3) is 0 Å². The molecule has 0 saturated carbocycles.